The molecule has 15 heavy (non-hydrogen) atoms. The normalized spacial score (nSPS) is 41.7. The summed E-state index contributed by atoms with van der Waals surface area (Å²) >= 11 is 0. The van der Waals surface area contributed by atoms with Crippen LogP contribution in [-0.4, -0.2) is 10.9 Å². The Kier molecular flexibility index (Phi) is 2.61. The van der Waals surface area contributed by atoms with Crippen molar-refractivity contribution >= 4 is 5.71 Å². The van der Waals surface area contributed by atoms with E-state index >= 15 is 0 Å². The Balaban J connectivity index is 2.20. The average Bonchev–Trinajstić information content (AvgIpc) is 2.16. The first-order valence-electron chi connectivity index (χ1n) is 5.98. The Hall–Kier alpha value is -0.790. The van der Waals surface area contributed by atoms with Gasteiger partial charge in [0.2, 0.25) is 0 Å². The van der Waals surface area contributed by atoms with Crippen molar-refractivity contribution in [1.82, 2.24) is 0 Å². The molecule has 2 nitrogen and oxygen atoms in total. The van der Waals surface area contributed by atoms with Crippen molar-refractivity contribution in [2.24, 2.45) is 28.3 Å². The molecule has 1 saturated carbocycles. The molecule has 0 heterocycles. The van der Waals surface area contributed by atoms with E-state index in [-0.39, 0.29) is 5.41 Å². The van der Waals surface area contributed by atoms with Crippen LogP contribution in [0.25, 0.3) is 0 Å². The number of hydrogen-bond acceptors (Lipinski definition) is 2. The molecule has 0 spiro atoms. The predicted molar refractivity (Wildman–Crippen MR) is 62.1 cm³/mol. The average molecular weight is 207 g/mol. The minimum atomic E-state index is 0.156. The molecule has 0 saturated heterocycles. The number of oxime groups is 1. The highest BCUT2D eigenvalue weighted by Crippen LogP contribution is 2.55. The SMILES string of the molecule is CC(C)CC1C(=NO)C2(C)CCC=CC12. The van der Waals surface area contributed by atoms with E-state index in [1.54, 1.807) is 0 Å². The molecule has 0 amide bonds. The standard InChI is InChI=1S/C13H21NO/c1-9(2)8-10-11-6-4-5-7-13(11,3)12(10)14-15/h4,6,9-11,15H,5,7-8H2,1-3H3. The van der Waals surface area contributed by atoms with E-state index in [1.807, 2.05) is 0 Å². The molecule has 3 unspecified atom stereocenters. The van der Waals surface area contributed by atoms with Gasteiger partial charge in [-0.3, -0.25) is 0 Å². The van der Waals surface area contributed by atoms with Gasteiger partial charge in [0.05, 0.1) is 5.71 Å². The number of rotatable bonds is 2. The molecule has 2 heteroatoms. The maximum atomic E-state index is 9.14. The molecule has 0 bridgehead atoms. The molecule has 2 aliphatic carbocycles. The first kappa shape index (κ1) is 10.7. The smallest absolute Gasteiger partial charge is 0.0672 e. The van der Waals surface area contributed by atoms with E-state index in [9.17, 15) is 0 Å². The first-order chi connectivity index (χ1) is 7.09. The molecule has 0 aliphatic heterocycles. The third-order valence-electron chi connectivity index (χ3n) is 4.11. The lowest BCUT2D eigenvalue weighted by atomic mass is 9.48. The fraction of sp³-hybridized carbons (Fsp3) is 0.769. The van der Waals surface area contributed by atoms with Crippen molar-refractivity contribution < 1.29 is 5.21 Å². The molecule has 0 radical (unpaired) electrons. The second kappa shape index (κ2) is 3.66. The van der Waals surface area contributed by atoms with Crippen LogP contribution in [0, 0.1) is 23.2 Å². The van der Waals surface area contributed by atoms with Crippen LogP contribution < -0.4 is 0 Å². The summed E-state index contributed by atoms with van der Waals surface area (Å²) < 4.78 is 0. The summed E-state index contributed by atoms with van der Waals surface area (Å²) in [5, 5.41) is 12.7. The molecule has 1 N–H and O–H groups in total. The molecule has 84 valence electrons. The first-order valence-corrected chi connectivity index (χ1v) is 5.98. The summed E-state index contributed by atoms with van der Waals surface area (Å²) in [6.07, 6.45) is 8.03. The molecular weight excluding hydrogens is 186 g/mol. The zero-order chi connectivity index (χ0) is 11.1. The van der Waals surface area contributed by atoms with Crippen LogP contribution in [0.15, 0.2) is 17.3 Å². The van der Waals surface area contributed by atoms with Crippen LogP contribution in [-0.2, 0) is 0 Å². The highest BCUT2D eigenvalue weighted by atomic mass is 16.4. The number of allylic oxidation sites excluding steroid dienone is 2. The summed E-state index contributed by atoms with van der Waals surface area (Å²) in [5.74, 6) is 1.77. The van der Waals surface area contributed by atoms with Gasteiger partial charge in [-0.15, -0.1) is 0 Å². The minimum absolute atomic E-state index is 0.156. The molecule has 3 atom stereocenters. The fourth-order valence-corrected chi connectivity index (χ4v) is 3.33. The van der Waals surface area contributed by atoms with Gasteiger partial charge >= 0.3 is 0 Å². The minimum Gasteiger partial charge on any atom is -0.411 e. The van der Waals surface area contributed by atoms with Gasteiger partial charge in [-0.1, -0.05) is 38.1 Å². The van der Waals surface area contributed by atoms with Crippen molar-refractivity contribution in [2.45, 2.75) is 40.0 Å². The summed E-state index contributed by atoms with van der Waals surface area (Å²) in [4.78, 5) is 0. The summed E-state index contributed by atoms with van der Waals surface area (Å²) in [6.45, 7) is 6.71. The molecule has 1 fully saturated rings. The van der Waals surface area contributed by atoms with E-state index in [2.05, 4.69) is 38.1 Å². The summed E-state index contributed by atoms with van der Waals surface area (Å²) in [5.41, 5.74) is 1.20. The van der Waals surface area contributed by atoms with E-state index in [1.165, 1.54) is 0 Å². The van der Waals surface area contributed by atoms with Crippen molar-refractivity contribution in [3.63, 3.8) is 0 Å². The zero-order valence-electron chi connectivity index (χ0n) is 9.90. The lowest BCUT2D eigenvalue weighted by Crippen LogP contribution is -2.56. The topological polar surface area (TPSA) is 32.6 Å². The van der Waals surface area contributed by atoms with Gasteiger partial charge in [0.15, 0.2) is 0 Å². The van der Waals surface area contributed by atoms with Gasteiger partial charge in [-0.25, -0.2) is 0 Å². The van der Waals surface area contributed by atoms with Crippen molar-refractivity contribution in [1.29, 1.82) is 0 Å². The Morgan fingerprint density at radius 1 is 1.60 bits per heavy atom. The highest BCUT2D eigenvalue weighted by molar-refractivity contribution is 5.98. The predicted octanol–water partition coefficient (Wildman–Crippen LogP) is 3.47. The molecular formula is C13H21NO. The molecule has 0 aromatic carbocycles. The summed E-state index contributed by atoms with van der Waals surface area (Å²) in [7, 11) is 0. The maximum Gasteiger partial charge on any atom is 0.0672 e. The largest absolute Gasteiger partial charge is 0.411 e. The maximum absolute atomic E-state index is 9.14. The van der Waals surface area contributed by atoms with Gasteiger partial charge < -0.3 is 5.21 Å². The third-order valence-corrected chi connectivity index (χ3v) is 4.11. The van der Waals surface area contributed by atoms with Crippen molar-refractivity contribution in [3.05, 3.63) is 12.2 Å². The Morgan fingerprint density at radius 2 is 2.33 bits per heavy atom. The molecule has 2 aliphatic rings. The summed E-state index contributed by atoms with van der Waals surface area (Å²) in [6, 6.07) is 0. The third kappa shape index (κ3) is 1.51. The lowest BCUT2D eigenvalue weighted by Gasteiger charge is -2.55. The van der Waals surface area contributed by atoms with Crippen LogP contribution in [0.4, 0.5) is 0 Å². The lowest BCUT2D eigenvalue weighted by molar-refractivity contribution is 0.140. The van der Waals surface area contributed by atoms with Crippen LogP contribution in [0.1, 0.15) is 40.0 Å². The van der Waals surface area contributed by atoms with E-state index in [0.717, 1.165) is 25.0 Å². The van der Waals surface area contributed by atoms with E-state index < -0.39 is 0 Å². The number of hydrogen-bond donors (Lipinski definition) is 1. The van der Waals surface area contributed by atoms with Gasteiger partial charge in [-0.05, 0) is 31.1 Å². The van der Waals surface area contributed by atoms with Crippen LogP contribution >= 0.6 is 0 Å². The van der Waals surface area contributed by atoms with Crippen LogP contribution in [0.2, 0.25) is 0 Å². The quantitative estimate of drug-likeness (QED) is 0.420. The molecule has 2 rings (SSSR count). The van der Waals surface area contributed by atoms with E-state index in [0.29, 0.717) is 17.8 Å². The molecule has 0 aromatic heterocycles. The van der Waals surface area contributed by atoms with Crippen molar-refractivity contribution in [3.8, 4) is 0 Å². The second-order valence-electron chi connectivity index (χ2n) is 5.63. The highest BCUT2D eigenvalue weighted by Gasteiger charge is 2.55. The monoisotopic (exact) mass is 207 g/mol. The Bertz CT molecular complexity index is 306. The van der Waals surface area contributed by atoms with Crippen LogP contribution in [0.5, 0.6) is 0 Å². The van der Waals surface area contributed by atoms with E-state index in [4.69, 9.17) is 5.21 Å². The second-order valence-corrected chi connectivity index (χ2v) is 5.63. The van der Waals surface area contributed by atoms with Gasteiger partial charge in [0, 0.05) is 11.3 Å². The number of fused-ring (bicyclic) bond motifs is 1. The van der Waals surface area contributed by atoms with Gasteiger partial charge in [0.1, 0.15) is 0 Å². The fourth-order valence-electron chi connectivity index (χ4n) is 3.33. The van der Waals surface area contributed by atoms with Gasteiger partial charge in [0.25, 0.3) is 0 Å². The Labute approximate surface area is 92.1 Å². The number of nitrogens with zero attached hydrogens (tertiary/aromatic N) is 1. The molecule has 0 aromatic rings. The van der Waals surface area contributed by atoms with Crippen molar-refractivity contribution in [2.75, 3.05) is 0 Å². The van der Waals surface area contributed by atoms with Crippen LogP contribution in [0.3, 0.4) is 0 Å². The zero-order valence-corrected chi connectivity index (χ0v) is 9.90. The van der Waals surface area contributed by atoms with Gasteiger partial charge in [-0.2, -0.15) is 0 Å². The Morgan fingerprint density at radius 3 is 2.93 bits per heavy atom.